The van der Waals surface area contributed by atoms with Crippen molar-refractivity contribution in [2.75, 3.05) is 0 Å². The largest absolute Gasteiger partial charge is 0.270 e. The van der Waals surface area contributed by atoms with E-state index in [4.69, 9.17) is 0 Å². The zero-order valence-electron chi connectivity index (χ0n) is 9.72. The van der Waals surface area contributed by atoms with Crippen LogP contribution in [-0.4, -0.2) is 19.9 Å². The lowest BCUT2D eigenvalue weighted by Crippen LogP contribution is -1.92. The van der Waals surface area contributed by atoms with Crippen molar-refractivity contribution in [2.24, 2.45) is 0 Å². The molecule has 0 aliphatic rings. The number of pyridine rings is 1. The lowest BCUT2D eigenvalue weighted by Gasteiger charge is -2.01. The smallest absolute Gasteiger partial charge is 0.264 e. The Morgan fingerprint density at radius 3 is 2.79 bits per heavy atom. The standard InChI is InChI=1S/C13H8N4O2/c18-17(19)11-3-4-12-10(6-11)8-15-13(16-12)9-2-1-5-14-7-9/h1-8H. The molecular weight excluding hydrogens is 244 g/mol. The highest BCUT2D eigenvalue weighted by Gasteiger charge is 2.08. The minimum Gasteiger partial charge on any atom is -0.264 e. The van der Waals surface area contributed by atoms with E-state index < -0.39 is 4.92 Å². The summed E-state index contributed by atoms with van der Waals surface area (Å²) in [5.41, 5.74) is 1.51. The molecule has 0 spiro atoms. The molecule has 1 aromatic carbocycles. The summed E-state index contributed by atoms with van der Waals surface area (Å²) in [5.74, 6) is 0.550. The highest BCUT2D eigenvalue weighted by molar-refractivity contribution is 5.81. The Balaban J connectivity index is 2.12. The molecule has 0 aliphatic heterocycles. The van der Waals surface area contributed by atoms with Crippen LogP contribution in [0.4, 0.5) is 5.69 Å². The van der Waals surface area contributed by atoms with Crippen LogP contribution < -0.4 is 0 Å². The Morgan fingerprint density at radius 1 is 1.16 bits per heavy atom. The van der Waals surface area contributed by atoms with E-state index in [1.807, 2.05) is 6.07 Å². The Bertz CT molecular complexity index is 759. The molecule has 2 aromatic heterocycles. The van der Waals surface area contributed by atoms with Crippen LogP contribution in [-0.2, 0) is 0 Å². The van der Waals surface area contributed by atoms with Gasteiger partial charge < -0.3 is 0 Å². The van der Waals surface area contributed by atoms with Crippen molar-refractivity contribution < 1.29 is 4.92 Å². The first-order valence-electron chi connectivity index (χ1n) is 5.55. The summed E-state index contributed by atoms with van der Waals surface area (Å²) in [6, 6.07) is 8.18. The molecule has 0 saturated heterocycles. The van der Waals surface area contributed by atoms with Gasteiger partial charge >= 0.3 is 0 Å². The molecule has 0 N–H and O–H groups in total. The minimum absolute atomic E-state index is 0.0326. The number of hydrogen-bond acceptors (Lipinski definition) is 5. The molecule has 3 rings (SSSR count). The van der Waals surface area contributed by atoms with Gasteiger partial charge in [0.2, 0.25) is 0 Å². The van der Waals surface area contributed by atoms with Gasteiger partial charge in [-0.05, 0) is 18.2 Å². The second-order valence-corrected chi connectivity index (χ2v) is 3.94. The van der Waals surface area contributed by atoms with E-state index in [0.717, 1.165) is 5.56 Å². The van der Waals surface area contributed by atoms with Gasteiger partial charge in [0.25, 0.3) is 5.69 Å². The second kappa shape index (κ2) is 4.41. The summed E-state index contributed by atoms with van der Waals surface area (Å²) in [7, 11) is 0. The maximum Gasteiger partial charge on any atom is 0.270 e. The van der Waals surface area contributed by atoms with Crippen LogP contribution >= 0.6 is 0 Å². The van der Waals surface area contributed by atoms with Crippen LogP contribution in [0.3, 0.4) is 0 Å². The number of aromatic nitrogens is 3. The van der Waals surface area contributed by atoms with Gasteiger partial charge in [-0.3, -0.25) is 15.1 Å². The van der Waals surface area contributed by atoms with Gasteiger partial charge in [0.05, 0.1) is 10.4 Å². The molecule has 0 amide bonds. The van der Waals surface area contributed by atoms with Gasteiger partial charge in [-0.25, -0.2) is 9.97 Å². The van der Waals surface area contributed by atoms with Crippen LogP contribution in [0.1, 0.15) is 0 Å². The third-order valence-electron chi connectivity index (χ3n) is 2.69. The Hall–Kier alpha value is -2.89. The van der Waals surface area contributed by atoms with E-state index in [0.29, 0.717) is 16.7 Å². The van der Waals surface area contributed by atoms with Crippen LogP contribution in [0.2, 0.25) is 0 Å². The maximum atomic E-state index is 10.7. The highest BCUT2D eigenvalue weighted by Crippen LogP contribution is 2.21. The van der Waals surface area contributed by atoms with Crippen molar-refractivity contribution >= 4 is 16.6 Å². The first-order chi connectivity index (χ1) is 9.24. The monoisotopic (exact) mass is 252 g/mol. The van der Waals surface area contributed by atoms with E-state index in [1.54, 1.807) is 30.7 Å². The van der Waals surface area contributed by atoms with Crippen molar-refractivity contribution in [1.82, 2.24) is 15.0 Å². The fraction of sp³-hybridized carbons (Fsp3) is 0. The number of fused-ring (bicyclic) bond motifs is 1. The number of nitro groups is 1. The van der Waals surface area contributed by atoms with Gasteiger partial charge in [-0.15, -0.1) is 0 Å². The van der Waals surface area contributed by atoms with Crippen molar-refractivity contribution in [3.05, 3.63) is 59.0 Å². The van der Waals surface area contributed by atoms with E-state index >= 15 is 0 Å². The number of benzene rings is 1. The van der Waals surface area contributed by atoms with Crippen LogP contribution in [0.15, 0.2) is 48.9 Å². The van der Waals surface area contributed by atoms with Gasteiger partial charge in [-0.2, -0.15) is 0 Å². The molecule has 3 aromatic rings. The van der Waals surface area contributed by atoms with E-state index in [2.05, 4.69) is 15.0 Å². The van der Waals surface area contributed by atoms with Gasteiger partial charge in [-0.1, -0.05) is 0 Å². The quantitative estimate of drug-likeness (QED) is 0.517. The van der Waals surface area contributed by atoms with Crippen molar-refractivity contribution in [2.45, 2.75) is 0 Å². The molecule has 0 atom stereocenters. The summed E-state index contributed by atoms with van der Waals surface area (Å²) in [5, 5.41) is 11.3. The van der Waals surface area contributed by atoms with E-state index in [9.17, 15) is 10.1 Å². The summed E-state index contributed by atoms with van der Waals surface area (Å²) in [6.07, 6.45) is 4.93. The molecular formula is C13H8N4O2. The molecule has 92 valence electrons. The summed E-state index contributed by atoms with van der Waals surface area (Å²) in [4.78, 5) is 22.8. The molecule has 6 nitrogen and oxygen atoms in total. The third-order valence-corrected chi connectivity index (χ3v) is 2.69. The number of nitrogens with zero attached hydrogens (tertiary/aromatic N) is 4. The lowest BCUT2D eigenvalue weighted by molar-refractivity contribution is -0.384. The fourth-order valence-electron chi connectivity index (χ4n) is 1.77. The molecule has 0 saturated carbocycles. The van der Waals surface area contributed by atoms with Crippen LogP contribution in [0.5, 0.6) is 0 Å². The average Bonchev–Trinajstić information content (AvgIpc) is 2.47. The normalized spacial score (nSPS) is 10.5. The molecule has 2 heterocycles. The van der Waals surface area contributed by atoms with Crippen molar-refractivity contribution in [1.29, 1.82) is 0 Å². The number of non-ortho nitro benzene ring substituents is 1. The molecule has 19 heavy (non-hydrogen) atoms. The highest BCUT2D eigenvalue weighted by atomic mass is 16.6. The predicted octanol–water partition coefficient (Wildman–Crippen LogP) is 2.60. The summed E-state index contributed by atoms with van der Waals surface area (Å²) < 4.78 is 0. The maximum absolute atomic E-state index is 10.7. The van der Waals surface area contributed by atoms with E-state index in [1.165, 1.54) is 12.1 Å². The van der Waals surface area contributed by atoms with Crippen molar-refractivity contribution in [3.63, 3.8) is 0 Å². The van der Waals surface area contributed by atoms with Gasteiger partial charge in [0, 0.05) is 41.7 Å². The number of rotatable bonds is 2. The SMILES string of the molecule is O=[N+]([O-])c1ccc2nc(-c3cccnc3)ncc2c1. The Labute approximate surface area is 107 Å². The number of nitro benzene ring substituents is 1. The summed E-state index contributed by atoms with van der Waals surface area (Å²) >= 11 is 0. The average molecular weight is 252 g/mol. The molecule has 0 aliphatic carbocycles. The molecule has 0 unspecified atom stereocenters. The van der Waals surface area contributed by atoms with E-state index in [-0.39, 0.29) is 5.69 Å². The topological polar surface area (TPSA) is 81.8 Å². The van der Waals surface area contributed by atoms with Gasteiger partial charge in [0.15, 0.2) is 5.82 Å². The zero-order valence-corrected chi connectivity index (χ0v) is 9.72. The second-order valence-electron chi connectivity index (χ2n) is 3.94. The Kier molecular flexibility index (Phi) is 2.60. The first-order valence-corrected chi connectivity index (χ1v) is 5.55. The molecule has 0 fully saturated rings. The summed E-state index contributed by atoms with van der Waals surface area (Å²) in [6.45, 7) is 0. The lowest BCUT2D eigenvalue weighted by atomic mass is 10.2. The molecule has 0 radical (unpaired) electrons. The molecule has 0 bridgehead atoms. The molecule has 6 heteroatoms. The fourth-order valence-corrected chi connectivity index (χ4v) is 1.77. The Morgan fingerprint density at radius 2 is 2.05 bits per heavy atom. The third kappa shape index (κ3) is 2.11. The van der Waals surface area contributed by atoms with Crippen LogP contribution in [0, 0.1) is 10.1 Å². The number of hydrogen-bond donors (Lipinski definition) is 0. The van der Waals surface area contributed by atoms with Crippen molar-refractivity contribution in [3.8, 4) is 11.4 Å². The van der Waals surface area contributed by atoms with Crippen LogP contribution in [0.25, 0.3) is 22.3 Å². The zero-order chi connectivity index (χ0) is 13.2. The van der Waals surface area contributed by atoms with Gasteiger partial charge in [0.1, 0.15) is 0 Å². The predicted molar refractivity (Wildman–Crippen MR) is 69.4 cm³/mol. The minimum atomic E-state index is -0.436. The first kappa shape index (κ1) is 11.2.